The van der Waals surface area contributed by atoms with Crippen molar-refractivity contribution in [2.75, 3.05) is 7.11 Å². The lowest BCUT2D eigenvalue weighted by Crippen LogP contribution is -1.94. The van der Waals surface area contributed by atoms with Gasteiger partial charge in [-0.05, 0) is 23.6 Å². The Bertz CT molecular complexity index is 380. The molecule has 74 valence electrons. The fraction of sp³-hybridized carbons (Fsp3) is 0.364. The Kier molecular flexibility index (Phi) is 3.38. The molecule has 0 aliphatic heterocycles. The van der Waals surface area contributed by atoms with E-state index in [-0.39, 0.29) is 0 Å². The van der Waals surface area contributed by atoms with Crippen LogP contribution in [0.3, 0.4) is 0 Å². The van der Waals surface area contributed by atoms with E-state index in [2.05, 4.69) is 19.9 Å². The zero-order valence-electron chi connectivity index (χ0n) is 8.47. The average molecular weight is 210 g/mol. The van der Waals surface area contributed by atoms with E-state index in [9.17, 15) is 0 Å². The number of nitriles is 1. The molecule has 0 aromatic heterocycles. The van der Waals surface area contributed by atoms with Crippen LogP contribution in [0.5, 0.6) is 5.75 Å². The van der Waals surface area contributed by atoms with Gasteiger partial charge >= 0.3 is 0 Å². The number of nitrogens with zero attached hydrogens (tertiary/aromatic N) is 1. The molecule has 1 aromatic carbocycles. The molecule has 0 amide bonds. The lowest BCUT2D eigenvalue weighted by atomic mass is 10.0. The van der Waals surface area contributed by atoms with Crippen LogP contribution in [0.4, 0.5) is 0 Å². The van der Waals surface area contributed by atoms with E-state index < -0.39 is 0 Å². The fourth-order valence-corrected chi connectivity index (χ4v) is 1.54. The Hall–Kier alpha value is -1.20. The standard InChI is InChI=1S/C11H12ClNO/c1-7(2)8-4-9(6-13)11(14-3)10(12)5-8/h4-5,7H,1-3H3. The van der Waals surface area contributed by atoms with Gasteiger partial charge in [0.05, 0.1) is 17.7 Å². The molecule has 0 spiro atoms. The van der Waals surface area contributed by atoms with Crippen molar-refractivity contribution in [1.82, 2.24) is 0 Å². The number of benzene rings is 1. The van der Waals surface area contributed by atoms with E-state index >= 15 is 0 Å². The van der Waals surface area contributed by atoms with Crippen LogP contribution >= 0.6 is 11.6 Å². The molecule has 0 aliphatic carbocycles. The summed E-state index contributed by atoms with van der Waals surface area (Å²) >= 11 is 5.98. The lowest BCUT2D eigenvalue weighted by molar-refractivity contribution is 0.413. The second kappa shape index (κ2) is 4.34. The zero-order valence-corrected chi connectivity index (χ0v) is 9.22. The summed E-state index contributed by atoms with van der Waals surface area (Å²) in [6.45, 7) is 4.11. The number of ether oxygens (including phenoxy) is 1. The first-order chi connectivity index (χ1) is 6.60. The molecule has 0 unspecified atom stereocenters. The summed E-state index contributed by atoms with van der Waals surface area (Å²) in [6, 6.07) is 5.73. The van der Waals surface area contributed by atoms with Gasteiger partial charge in [-0.3, -0.25) is 0 Å². The van der Waals surface area contributed by atoms with Crippen molar-refractivity contribution in [2.45, 2.75) is 19.8 Å². The molecule has 0 N–H and O–H groups in total. The largest absolute Gasteiger partial charge is 0.494 e. The van der Waals surface area contributed by atoms with E-state index in [4.69, 9.17) is 21.6 Å². The normalized spacial score (nSPS) is 10.0. The average Bonchev–Trinajstić information content (AvgIpc) is 2.16. The van der Waals surface area contributed by atoms with E-state index in [1.54, 1.807) is 0 Å². The Morgan fingerprint density at radius 2 is 2.07 bits per heavy atom. The summed E-state index contributed by atoms with van der Waals surface area (Å²) in [5.41, 5.74) is 1.54. The second-order valence-electron chi connectivity index (χ2n) is 3.35. The summed E-state index contributed by atoms with van der Waals surface area (Å²) in [7, 11) is 1.51. The molecular formula is C11H12ClNO. The molecule has 0 saturated carbocycles. The fourth-order valence-electron chi connectivity index (χ4n) is 1.24. The molecule has 3 heteroatoms. The maximum atomic E-state index is 8.89. The molecule has 0 aliphatic rings. The van der Waals surface area contributed by atoms with Crippen LogP contribution in [0, 0.1) is 11.3 Å². The van der Waals surface area contributed by atoms with Crippen molar-refractivity contribution < 1.29 is 4.74 Å². The topological polar surface area (TPSA) is 33.0 Å². The highest BCUT2D eigenvalue weighted by Gasteiger charge is 2.11. The first kappa shape index (κ1) is 10.9. The minimum atomic E-state index is 0.352. The SMILES string of the molecule is COc1c(Cl)cc(C(C)C)cc1C#N. The number of hydrogen-bond donors (Lipinski definition) is 0. The minimum absolute atomic E-state index is 0.352. The monoisotopic (exact) mass is 209 g/mol. The third-order valence-corrected chi connectivity index (χ3v) is 2.34. The Labute approximate surface area is 89.1 Å². The van der Waals surface area contributed by atoms with Crippen LogP contribution in [0.1, 0.15) is 30.9 Å². The molecule has 0 bridgehead atoms. The number of rotatable bonds is 2. The van der Waals surface area contributed by atoms with Gasteiger partial charge in [0.1, 0.15) is 6.07 Å². The molecule has 1 rings (SSSR count). The van der Waals surface area contributed by atoms with Gasteiger partial charge in [-0.1, -0.05) is 25.4 Å². The highest BCUT2D eigenvalue weighted by atomic mass is 35.5. The minimum Gasteiger partial charge on any atom is -0.494 e. The van der Waals surface area contributed by atoms with Gasteiger partial charge in [0, 0.05) is 0 Å². The van der Waals surface area contributed by atoms with Crippen LogP contribution in [0.25, 0.3) is 0 Å². The predicted octanol–water partition coefficient (Wildman–Crippen LogP) is 3.34. The van der Waals surface area contributed by atoms with Gasteiger partial charge < -0.3 is 4.74 Å². The van der Waals surface area contributed by atoms with Crippen LogP contribution in [0.2, 0.25) is 5.02 Å². The molecule has 0 saturated heterocycles. The molecule has 1 aromatic rings. The van der Waals surface area contributed by atoms with Gasteiger partial charge in [0.25, 0.3) is 0 Å². The molecule has 0 atom stereocenters. The second-order valence-corrected chi connectivity index (χ2v) is 3.76. The maximum Gasteiger partial charge on any atom is 0.155 e. The molecule has 14 heavy (non-hydrogen) atoms. The summed E-state index contributed by atoms with van der Waals surface area (Å²) in [4.78, 5) is 0. The van der Waals surface area contributed by atoms with Crippen molar-refractivity contribution in [3.8, 4) is 11.8 Å². The van der Waals surface area contributed by atoms with Crippen molar-refractivity contribution in [2.24, 2.45) is 0 Å². The third-order valence-electron chi connectivity index (χ3n) is 2.06. The van der Waals surface area contributed by atoms with Gasteiger partial charge in [-0.25, -0.2) is 0 Å². The summed E-state index contributed by atoms with van der Waals surface area (Å²) in [5.74, 6) is 0.809. The van der Waals surface area contributed by atoms with Crippen LogP contribution < -0.4 is 4.74 Å². The van der Waals surface area contributed by atoms with Crippen molar-refractivity contribution >= 4 is 11.6 Å². The first-order valence-electron chi connectivity index (χ1n) is 4.37. The molecule has 2 nitrogen and oxygen atoms in total. The van der Waals surface area contributed by atoms with Gasteiger partial charge in [0.15, 0.2) is 5.75 Å². The Balaban J connectivity index is 3.33. The van der Waals surface area contributed by atoms with Gasteiger partial charge in [0.2, 0.25) is 0 Å². The predicted molar refractivity (Wildman–Crippen MR) is 56.8 cm³/mol. The molecule has 0 radical (unpaired) electrons. The van der Waals surface area contributed by atoms with E-state index in [1.807, 2.05) is 12.1 Å². The lowest BCUT2D eigenvalue weighted by Gasteiger charge is -2.10. The Morgan fingerprint density at radius 1 is 1.43 bits per heavy atom. The van der Waals surface area contributed by atoms with Crippen molar-refractivity contribution in [3.63, 3.8) is 0 Å². The number of halogens is 1. The first-order valence-corrected chi connectivity index (χ1v) is 4.75. The van der Waals surface area contributed by atoms with E-state index in [1.165, 1.54) is 7.11 Å². The van der Waals surface area contributed by atoms with Crippen molar-refractivity contribution in [1.29, 1.82) is 5.26 Å². The number of methoxy groups -OCH3 is 1. The summed E-state index contributed by atoms with van der Waals surface area (Å²) in [5, 5.41) is 9.39. The highest BCUT2D eigenvalue weighted by Crippen LogP contribution is 2.32. The molecule has 0 fully saturated rings. The van der Waals surface area contributed by atoms with Gasteiger partial charge in [-0.2, -0.15) is 5.26 Å². The van der Waals surface area contributed by atoms with Crippen molar-refractivity contribution in [3.05, 3.63) is 28.3 Å². The summed E-state index contributed by atoms with van der Waals surface area (Å²) in [6.07, 6.45) is 0. The molecule has 0 heterocycles. The number of hydrogen-bond acceptors (Lipinski definition) is 2. The van der Waals surface area contributed by atoms with E-state index in [0.717, 1.165) is 5.56 Å². The Morgan fingerprint density at radius 3 is 2.50 bits per heavy atom. The maximum absolute atomic E-state index is 8.89. The quantitative estimate of drug-likeness (QED) is 0.749. The third kappa shape index (κ3) is 2.00. The molecular weight excluding hydrogens is 198 g/mol. The smallest absolute Gasteiger partial charge is 0.155 e. The van der Waals surface area contributed by atoms with Crippen LogP contribution in [-0.2, 0) is 0 Å². The summed E-state index contributed by atoms with van der Waals surface area (Å²) < 4.78 is 5.05. The van der Waals surface area contributed by atoms with E-state index in [0.29, 0.717) is 22.3 Å². The van der Waals surface area contributed by atoms with Crippen LogP contribution in [0.15, 0.2) is 12.1 Å². The van der Waals surface area contributed by atoms with Gasteiger partial charge in [-0.15, -0.1) is 0 Å². The zero-order chi connectivity index (χ0) is 10.7. The van der Waals surface area contributed by atoms with Crippen LogP contribution in [-0.4, -0.2) is 7.11 Å². The highest BCUT2D eigenvalue weighted by molar-refractivity contribution is 6.32.